The summed E-state index contributed by atoms with van der Waals surface area (Å²) < 4.78 is 11.7. The van der Waals surface area contributed by atoms with E-state index in [1.807, 2.05) is 6.92 Å². The fourth-order valence-corrected chi connectivity index (χ4v) is 5.14. The standard InChI is InChI=1S/C20H32O4S/c1-5-25-19(22)16-13-20(12-11-17(16)23-4,24-18(21)14(2)3)15-9-7-6-8-10-15/h15-17H,2,5-13H2,1,3-4H3. The second-order valence-electron chi connectivity index (χ2n) is 7.45. The number of hydrogen-bond acceptors (Lipinski definition) is 5. The van der Waals surface area contributed by atoms with Gasteiger partial charge in [0.15, 0.2) is 5.12 Å². The molecule has 3 atom stereocenters. The van der Waals surface area contributed by atoms with E-state index >= 15 is 0 Å². The van der Waals surface area contributed by atoms with Gasteiger partial charge in [0.1, 0.15) is 5.60 Å². The minimum Gasteiger partial charge on any atom is -0.455 e. The van der Waals surface area contributed by atoms with Gasteiger partial charge >= 0.3 is 5.97 Å². The summed E-state index contributed by atoms with van der Waals surface area (Å²) >= 11 is 1.35. The van der Waals surface area contributed by atoms with Crippen molar-refractivity contribution in [1.29, 1.82) is 0 Å². The quantitative estimate of drug-likeness (QED) is 0.510. The van der Waals surface area contributed by atoms with Crippen LogP contribution in [-0.2, 0) is 19.1 Å². The summed E-state index contributed by atoms with van der Waals surface area (Å²) in [6.45, 7) is 7.42. The highest BCUT2D eigenvalue weighted by Gasteiger charge is 2.50. The largest absolute Gasteiger partial charge is 0.455 e. The van der Waals surface area contributed by atoms with Gasteiger partial charge in [-0.15, -0.1) is 0 Å². The van der Waals surface area contributed by atoms with E-state index in [2.05, 4.69) is 6.58 Å². The van der Waals surface area contributed by atoms with Gasteiger partial charge in [-0.25, -0.2) is 4.79 Å². The lowest BCUT2D eigenvalue weighted by molar-refractivity contribution is -0.179. The van der Waals surface area contributed by atoms with Gasteiger partial charge in [-0.2, -0.15) is 0 Å². The van der Waals surface area contributed by atoms with Crippen molar-refractivity contribution in [2.45, 2.75) is 76.9 Å². The Morgan fingerprint density at radius 1 is 1.20 bits per heavy atom. The normalized spacial score (nSPS) is 30.7. The molecule has 3 unspecified atom stereocenters. The molecule has 0 aromatic carbocycles. The van der Waals surface area contributed by atoms with Crippen LogP contribution in [-0.4, -0.2) is 35.7 Å². The average Bonchev–Trinajstić information content (AvgIpc) is 2.62. The van der Waals surface area contributed by atoms with Gasteiger partial charge in [-0.1, -0.05) is 44.5 Å². The Balaban J connectivity index is 2.28. The average molecular weight is 369 g/mol. The van der Waals surface area contributed by atoms with Gasteiger partial charge in [0.05, 0.1) is 12.0 Å². The van der Waals surface area contributed by atoms with E-state index in [9.17, 15) is 9.59 Å². The Labute approximate surface area is 156 Å². The highest BCUT2D eigenvalue weighted by atomic mass is 32.2. The zero-order valence-electron chi connectivity index (χ0n) is 15.8. The molecule has 2 rings (SSSR count). The van der Waals surface area contributed by atoms with Gasteiger partial charge in [0.2, 0.25) is 0 Å². The van der Waals surface area contributed by atoms with Crippen LogP contribution in [0.2, 0.25) is 0 Å². The van der Waals surface area contributed by atoms with E-state index in [1.54, 1.807) is 14.0 Å². The second-order valence-corrected chi connectivity index (χ2v) is 8.71. The molecule has 0 aromatic rings. The lowest BCUT2D eigenvalue weighted by Crippen LogP contribution is -2.52. The molecule has 0 spiro atoms. The molecule has 0 aliphatic heterocycles. The number of esters is 1. The molecular formula is C20H32O4S. The molecule has 0 heterocycles. The number of hydrogen-bond donors (Lipinski definition) is 0. The summed E-state index contributed by atoms with van der Waals surface area (Å²) in [5, 5.41) is 0.167. The maximum atomic E-state index is 12.7. The maximum absolute atomic E-state index is 12.7. The molecule has 2 saturated carbocycles. The SMILES string of the molecule is C=C(C)C(=O)OC1(C2CCCCC2)CCC(OC)C(C(=O)SCC)C1. The summed E-state index contributed by atoms with van der Waals surface area (Å²) in [6.07, 6.45) is 7.78. The van der Waals surface area contributed by atoms with Crippen molar-refractivity contribution in [2.24, 2.45) is 11.8 Å². The van der Waals surface area contributed by atoms with Gasteiger partial charge in [0, 0.05) is 19.1 Å². The summed E-state index contributed by atoms with van der Waals surface area (Å²) in [5.74, 6) is 0.567. The lowest BCUT2D eigenvalue weighted by atomic mass is 9.66. The zero-order valence-corrected chi connectivity index (χ0v) is 16.7. The van der Waals surface area contributed by atoms with Gasteiger partial charge in [0.25, 0.3) is 0 Å². The molecule has 2 aliphatic rings. The van der Waals surface area contributed by atoms with Gasteiger partial charge in [-0.05, 0) is 44.3 Å². The topological polar surface area (TPSA) is 52.6 Å². The van der Waals surface area contributed by atoms with Crippen LogP contribution in [0.5, 0.6) is 0 Å². The number of carbonyl (C=O) groups excluding carboxylic acids is 2. The fourth-order valence-electron chi connectivity index (χ4n) is 4.41. The van der Waals surface area contributed by atoms with Crippen LogP contribution >= 0.6 is 11.8 Å². The summed E-state index contributed by atoms with van der Waals surface area (Å²) in [5.41, 5.74) is -0.116. The summed E-state index contributed by atoms with van der Waals surface area (Å²) in [7, 11) is 1.68. The highest BCUT2D eigenvalue weighted by molar-refractivity contribution is 8.13. The molecule has 0 bridgehead atoms. The third-order valence-corrected chi connectivity index (χ3v) is 6.63. The number of methoxy groups -OCH3 is 1. The van der Waals surface area contributed by atoms with E-state index in [0.717, 1.165) is 31.4 Å². The summed E-state index contributed by atoms with van der Waals surface area (Å²) in [4.78, 5) is 25.1. The molecule has 2 aliphatic carbocycles. The van der Waals surface area contributed by atoms with E-state index in [0.29, 0.717) is 17.9 Å². The second kappa shape index (κ2) is 9.22. The van der Waals surface area contributed by atoms with E-state index in [1.165, 1.54) is 31.0 Å². The van der Waals surface area contributed by atoms with Crippen molar-refractivity contribution in [3.05, 3.63) is 12.2 Å². The smallest absolute Gasteiger partial charge is 0.333 e. The third-order valence-electron chi connectivity index (χ3n) is 5.75. The van der Waals surface area contributed by atoms with E-state index in [4.69, 9.17) is 9.47 Å². The van der Waals surface area contributed by atoms with Crippen molar-refractivity contribution in [2.75, 3.05) is 12.9 Å². The fraction of sp³-hybridized carbons (Fsp3) is 0.800. The van der Waals surface area contributed by atoms with Crippen molar-refractivity contribution in [1.82, 2.24) is 0 Å². The van der Waals surface area contributed by atoms with E-state index < -0.39 is 5.60 Å². The van der Waals surface area contributed by atoms with Crippen LogP contribution in [0.1, 0.15) is 65.2 Å². The summed E-state index contributed by atoms with van der Waals surface area (Å²) in [6, 6.07) is 0. The highest BCUT2D eigenvalue weighted by Crippen LogP contribution is 2.47. The Kier molecular flexibility index (Phi) is 7.56. The van der Waals surface area contributed by atoms with Crippen molar-refractivity contribution >= 4 is 22.8 Å². The minimum absolute atomic E-state index is 0.0770. The number of carbonyl (C=O) groups is 2. The zero-order chi connectivity index (χ0) is 18.4. The van der Waals surface area contributed by atoms with Crippen LogP contribution in [0.4, 0.5) is 0 Å². The predicted octanol–water partition coefficient (Wildman–Crippen LogP) is 4.52. The Bertz CT molecular complexity index is 498. The van der Waals surface area contributed by atoms with Crippen molar-refractivity contribution in [3.63, 3.8) is 0 Å². The molecule has 5 heteroatoms. The number of thioether (sulfide) groups is 1. The van der Waals surface area contributed by atoms with Crippen LogP contribution in [0, 0.1) is 11.8 Å². The molecule has 2 fully saturated rings. The molecule has 0 saturated heterocycles. The van der Waals surface area contributed by atoms with Crippen LogP contribution in [0.3, 0.4) is 0 Å². The predicted molar refractivity (Wildman–Crippen MR) is 101 cm³/mol. The molecule has 4 nitrogen and oxygen atoms in total. The van der Waals surface area contributed by atoms with Crippen molar-refractivity contribution < 1.29 is 19.1 Å². The molecular weight excluding hydrogens is 336 g/mol. The number of ether oxygens (including phenoxy) is 2. The number of rotatable bonds is 6. The molecule has 142 valence electrons. The third kappa shape index (κ3) is 4.88. The lowest BCUT2D eigenvalue weighted by Gasteiger charge is -2.48. The van der Waals surface area contributed by atoms with Gasteiger partial charge in [-0.3, -0.25) is 4.79 Å². The first kappa shape index (κ1) is 20.5. The molecule has 25 heavy (non-hydrogen) atoms. The monoisotopic (exact) mass is 368 g/mol. The first-order chi connectivity index (χ1) is 11.9. The van der Waals surface area contributed by atoms with Crippen LogP contribution in [0.25, 0.3) is 0 Å². The first-order valence-electron chi connectivity index (χ1n) is 9.51. The van der Waals surface area contributed by atoms with E-state index in [-0.39, 0.29) is 23.1 Å². The minimum atomic E-state index is -0.542. The molecule has 0 aromatic heterocycles. The Hall–Kier alpha value is -0.810. The maximum Gasteiger partial charge on any atom is 0.333 e. The van der Waals surface area contributed by atoms with Gasteiger partial charge < -0.3 is 9.47 Å². The molecule has 0 radical (unpaired) electrons. The van der Waals surface area contributed by atoms with Crippen LogP contribution in [0.15, 0.2) is 12.2 Å². The Morgan fingerprint density at radius 2 is 1.88 bits per heavy atom. The van der Waals surface area contributed by atoms with Crippen LogP contribution < -0.4 is 0 Å². The molecule has 0 amide bonds. The van der Waals surface area contributed by atoms with Crippen molar-refractivity contribution in [3.8, 4) is 0 Å². The molecule has 0 N–H and O–H groups in total. The Morgan fingerprint density at radius 3 is 2.44 bits per heavy atom. The first-order valence-corrected chi connectivity index (χ1v) is 10.5.